The van der Waals surface area contributed by atoms with E-state index in [1.54, 1.807) is 0 Å². The summed E-state index contributed by atoms with van der Waals surface area (Å²) in [6.07, 6.45) is 0. The standard InChI is InChI=1S/C10H26N3O2P/c1-7-14-16(11(3)4,15-8-2)12(5)9-10-13(16)6/h7-10H2,1-6H3. The molecular formula is C10H26N3O2P. The van der Waals surface area contributed by atoms with Crippen molar-refractivity contribution in [2.24, 2.45) is 0 Å². The second-order valence-electron chi connectivity index (χ2n) is 4.28. The molecule has 16 heavy (non-hydrogen) atoms. The van der Waals surface area contributed by atoms with Crippen LogP contribution in [0.4, 0.5) is 0 Å². The fourth-order valence-corrected chi connectivity index (χ4v) is 7.45. The first-order chi connectivity index (χ1) is 7.45. The van der Waals surface area contributed by atoms with Crippen molar-refractivity contribution in [3.63, 3.8) is 0 Å². The van der Waals surface area contributed by atoms with E-state index in [2.05, 4.69) is 28.1 Å². The van der Waals surface area contributed by atoms with E-state index in [9.17, 15) is 0 Å². The molecular weight excluding hydrogens is 225 g/mol. The molecule has 0 bridgehead atoms. The van der Waals surface area contributed by atoms with Crippen LogP contribution in [0.5, 0.6) is 0 Å². The van der Waals surface area contributed by atoms with Gasteiger partial charge in [-0.25, -0.2) is 0 Å². The Bertz CT molecular complexity index is 230. The van der Waals surface area contributed by atoms with Gasteiger partial charge in [-0.3, -0.25) is 0 Å². The Morgan fingerprint density at radius 2 is 1.38 bits per heavy atom. The molecule has 1 heterocycles. The van der Waals surface area contributed by atoms with Gasteiger partial charge in [-0.15, -0.1) is 0 Å². The fourth-order valence-electron chi connectivity index (χ4n) is 2.62. The van der Waals surface area contributed by atoms with E-state index < -0.39 is 7.51 Å². The Labute approximate surface area is 99.5 Å². The summed E-state index contributed by atoms with van der Waals surface area (Å²) >= 11 is 0. The van der Waals surface area contributed by atoms with E-state index in [-0.39, 0.29) is 0 Å². The zero-order valence-corrected chi connectivity index (χ0v) is 12.3. The van der Waals surface area contributed by atoms with Gasteiger partial charge in [-0.1, -0.05) is 0 Å². The molecule has 0 saturated carbocycles. The molecule has 0 radical (unpaired) electrons. The molecule has 1 aliphatic rings. The van der Waals surface area contributed by atoms with Crippen LogP contribution >= 0.6 is 7.51 Å². The predicted molar refractivity (Wildman–Crippen MR) is 69.1 cm³/mol. The van der Waals surface area contributed by atoms with Crippen LogP contribution in [0, 0.1) is 0 Å². The van der Waals surface area contributed by atoms with Crippen LogP contribution in [-0.2, 0) is 9.05 Å². The molecule has 5 nitrogen and oxygen atoms in total. The summed E-state index contributed by atoms with van der Waals surface area (Å²) in [6, 6.07) is 0. The quantitative estimate of drug-likeness (QED) is 0.692. The van der Waals surface area contributed by atoms with Gasteiger partial charge in [0.1, 0.15) is 0 Å². The molecule has 0 aliphatic carbocycles. The average Bonchev–Trinajstić information content (AvgIpc) is 2.46. The van der Waals surface area contributed by atoms with Crippen molar-refractivity contribution in [2.75, 3.05) is 54.5 Å². The maximum absolute atomic E-state index is 6.19. The zero-order valence-electron chi connectivity index (χ0n) is 11.4. The van der Waals surface area contributed by atoms with Crippen molar-refractivity contribution in [1.82, 2.24) is 14.0 Å². The van der Waals surface area contributed by atoms with Crippen molar-refractivity contribution in [2.45, 2.75) is 13.8 Å². The van der Waals surface area contributed by atoms with Crippen molar-refractivity contribution < 1.29 is 9.05 Å². The number of nitrogens with zero attached hydrogens (tertiary/aromatic N) is 3. The molecule has 98 valence electrons. The van der Waals surface area contributed by atoms with Crippen LogP contribution in [0.25, 0.3) is 0 Å². The molecule has 0 amide bonds. The third kappa shape index (κ3) is 1.62. The van der Waals surface area contributed by atoms with E-state index in [1.165, 1.54) is 0 Å². The third-order valence-electron chi connectivity index (χ3n) is 3.31. The van der Waals surface area contributed by atoms with Gasteiger partial charge in [0.15, 0.2) is 0 Å². The van der Waals surface area contributed by atoms with E-state index in [4.69, 9.17) is 9.05 Å². The predicted octanol–water partition coefficient (Wildman–Crippen LogP) is 1.63. The van der Waals surface area contributed by atoms with Crippen LogP contribution in [0.2, 0.25) is 0 Å². The molecule has 1 fully saturated rings. The average molecular weight is 251 g/mol. The molecule has 0 spiro atoms. The second kappa shape index (κ2) is 4.84. The second-order valence-corrected chi connectivity index (χ2v) is 8.63. The number of rotatable bonds is 5. The van der Waals surface area contributed by atoms with E-state index in [0.29, 0.717) is 13.2 Å². The Morgan fingerprint density at radius 1 is 1.00 bits per heavy atom. The summed E-state index contributed by atoms with van der Waals surface area (Å²) in [5, 5.41) is 0. The molecule has 0 aromatic carbocycles. The number of hydrogen-bond acceptors (Lipinski definition) is 5. The summed E-state index contributed by atoms with van der Waals surface area (Å²) in [7, 11) is 5.31. The minimum absolute atomic E-state index is 0.657. The van der Waals surface area contributed by atoms with Gasteiger partial charge in [0.25, 0.3) is 0 Å². The maximum atomic E-state index is 6.19. The number of likely N-dealkylation sites (N-methyl/N-ethyl adjacent to an activating group) is 2. The van der Waals surface area contributed by atoms with E-state index >= 15 is 0 Å². The molecule has 6 heteroatoms. The van der Waals surface area contributed by atoms with Crippen molar-refractivity contribution in [3.05, 3.63) is 0 Å². The molecule has 0 aromatic rings. The van der Waals surface area contributed by atoms with Crippen molar-refractivity contribution in [3.8, 4) is 0 Å². The van der Waals surface area contributed by atoms with Crippen LogP contribution in [0.1, 0.15) is 13.8 Å². The van der Waals surface area contributed by atoms with Crippen molar-refractivity contribution in [1.29, 1.82) is 0 Å². The topological polar surface area (TPSA) is 28.2 Å². The van der Waals surface area contributed by atoms with E-state index in [0.717, 1.165) is 13.1 Å². The van der Waals surface area contributed by atoms with Gasteiger partial charge in [0.2, 0.25) is 0 Å². The SMILES string of the molecule is CCOP1(OCC)(N(C)C)N(C)CCN1C. The van der Waals surface area contributed by atoms with Crippen LogP contribution in [-0.4, -0.2) is 68.5 Å². The summed E-state index contributed by atoms with van der Waals surface area (Å²) in [5.74, 6) is 0. The molecule has 0 aromatic heterocycles. The van der Waals surface area contributed by atoms with Gasteiger partial charge in [0, 0.05) is 0 Å². The first-order valence-electron chi connectivity index (χ1n) is 5.88. The fraction of sp³-hybridized carbons (Fsp3) is 1.00. The Kier molecular flexibility index (Phi) is 4.33. The van der Waals surface area contributed by atoms with Crippen LogP contribution < -0.4 is 0 Å². The Balaban J connectivity index is 3.25. The third-order valence-corrected chi connectivity index (χ3v) is 8.84. The van der Waals surface area contributed by atoms with Gasteiger partial charge >= 0.3 is 98.9 Å². The van der Waals surface area contributed by atoms with Crippen LogP contribution in [0.3, 0.4) is 0 Å². The summed E-state index contributed by atoms with van der Waals surface area (Å²) in [4.78, 5) is 0. The van der Waals surface area contributed by atoms with Gasteiger partial charge in [-0.05, 0) is 0 Å². The van der Waals surface area contributed by atoms with Gasteiger partial charge < -0.3 is 0 Å². The molecule has 0 unspecified atom stereocenters. The van der Waals surface area contributed by atoms with Gasteiger partial charge in [-0.2, -0.15) is 0 Å². The Morgan fingerprint density at radius 3 is 1.62 bits per heavy atom. The first kappa shape index (κ1) is 14.3. The zero-order chi connectivity index (χ0) is 12.4. The molecule has 1 aliphatic heterocycles. The summed E-state index contributed by atoms with van der Waals surface area (Å²) in [6.45, 7) is 7.32. The summed E-state index contributed by atoms with van der Waals surface area (Å²) < 4.78 is 19.0. The molecule has 1 saturated heterocycles. The minimum atomic E-state index is -2.95. The number of hydrogen-bond donors (Lipinski definition) is 0. The molecule has 0 N–H and O–H groups in total. The van der Waals surface area contributed by atoms with E-state index in [1.807, 2.05) is 27.9 Å². The molecule has 1 rings (SSSR count). The first-order valence-corrected chi connectivity index (χ1v) is 7.81. The molecule has 0 atom stereocenters. The van der Waals surface area contributed by atoms with Gasteiger partial charge in [0.05, 0.1) is 0 Å². The van der Waals surface area contributed by atoms with Crippen molar-refractivity contribution >= 4 is 7.51 Å². The monoisotopic (exact) mass is 251 g/mol. The summed E-state index contributed by atoms with van der Waals surface area (Å²) in [5.41, 5.74) is 0. The normalized spacial score (nSPS) is 28.1. The van der Waals surface area contributed by atoms with Crippen LogP contribution in [0.15, 0.2) is 0 Å². The Hall–Kier alpha value is 0.230.